The third-order valence-corrected chi connectivity index (χ3v) is 2.72. The molecule has 0 saturated carbocycles. The van der Waals surface area contributed by atoms with Crippen molar-refractivity contribution in [1.29, 1.82) is 0 Å². The Morgan fingerprint density at radius 1 is 1.72 bits per heavy atom. The molecule has 0 spiro atoms. The molecule has 0 aromatic carbocycles. The van der Waals surface area contributed by atoms with E-state index in [1.54, 1.807) is 6.92 Å². The Balaban J connectivity index is 2.94. The van der Waals surface area contributed by atoms with Gasteiger partial charge in [-0.15, -0.1) is 0 Å². The number of rotatable bonds is 6. The molecule has 0 bridgehead atoms. The fraction of sp³-hybridized carbons (Fsp3) is 0.600. The van der Waals surface area contributed by atoms with Crippen molar-refractivity contribution in [2.45, 2.75) is 26.3 Å². The third kappa shape index (κ3) is 3.22. The second kappa shape index (κ2) is 6.39. The Labute approximate surface area is 110 Å². The fourth-order valence-corrected chi connectivity index (χ4v) is 1.75. The van der Waals surface area contributed by atoms with Crippen molar-refractivity contribution < 1.29 is 9.72 Å². The molecule has 0 radical (unpaired) electrons. The summed E-state index contributed by atoms with van der Waals surface area (Å²) in [4.78, 5) is 22.0. The van der Waals surface area contributed by atoms with Crippen LogP contribution < -0.4 is 5.32 Å². The van der Waals surface area contributed by atoms with Gasteiger partial charge in [0.2, 0.25) is 5.91 Å². The fourth-order valence-electron chi connectivity index (χ4n) is 1.64. The lowest BCUT2D eigenvalue weighted by molar-refractivity contribution is -0.389. The van der Waals surface area contributed by atoms with Gasteiger partial charge in [0.1, 0.15) is 0 Å². The van der Waals surface area contributed by atoms with Gasteiger partial charge in [-0.05, 0) is 18.3 Å². The monoisotopic (exact) mass is 272 g/mol. The molecule has 1 aromatic rings. The summed E-state index contributed by atoms with van der Waals surface area (Å²) in [7, 11) is 0. The maximum atomic E-state index is 11.9. The van der Waals surface area contributed by atoms with Crippen LogP contribution in [0, 0.1) is 17.0 Å². The van der Waals surface area contributed by atoms with E-state index in [2.05, 4.69) is 23.0 Å². The predicted molar refractivity (Wildman–Crippen MR) is 69.8 cm³/mol. The maximum absolute atomic E-state index is 11.9. The van der Waals surface area contributed by atoms with Crippen molar-refractivity contribution in [1.82, 2.24) is 15.1 Å². The number of nitrogens with one attached hydrogen (secondary N) is 1. The lowest BCUT2D eigenvalue weighted by Crippen LogP contribution is -2.34. The van der Waals surface area contributed by atoms with E-state index in [0.29, 0.717) is 24.4 Å². The second-order valence-electron chi connectivity index (χ2n) is 3.78. The molecule has 7 nitrogen and oxygen atoms in total. The van der Waals surface area contributed by atoms with E-state index in [-0.39, 0.29) is 11.7 Å². The quantitative estimate of drug-likeness (QED) is 0.461. The number of aromatic nitrogens is 2. The Morgan fingerprint density at radius 2 is 2.39 bits per heavy atom. The first-order chi connectivity index (χ1) is 8.51. The summed E-state index contributed by atoms with van der Waals surface area (Å²) in [6.45, 7) is 3.98. The molecule has 1 heterocycles. The summed E-state index contributed by atoms with van der Waals surface area (Å²) in [5, 5.41) is 17.2. The van der Waals surface area contributed by atoms with Crippen molar-refractivity contribution >= 4 is 24.4 Å². The molecule has 0 fully saturated rings. The number of amides is 1. The number of thiol groups is 1. The van der Waals surface area contributed by atoms with Crippen molar-refractivity contribution in [2.75, 3.05) is 12.3 Å². The normalized spacial score (nSPS) is 12.2. The van der Waals surface area contributed by atoms with Crippen LogP contribution in [0.2, 0.25) is 0 Å². The van der Waals surface area contributed by atoms with Gasteiger partial charge in [0.15, 0.2) is 6.04 Å². The van der Waals surface area contributed by atoms with Crippen LogP contribution in [0.25, 0.3) is 0 Å². The molecule has 100 valence electrons. The minimum atomic E-state index is -0.568. The number of carbonyl (C=O) groups excluding carboxylic acids is 1. The average Bonchev–Trinajstić information content (AvgIpc) is 2.70. The van der Waals surface area contributed by atoms with Crippen LogP contribution >= 0.6 is 12.6 Å². The molecule has 1 atom stereocenters. The van der Waals surface area contributed by atoms with Crippen LogP contribution in [0.15, 0.2) is 6.07 Å². The summed E-state index contributed by atoms with van der Waals surface area (Å²) in [6, 6.07) is 0.827. The van der Waals surface area contributed by atoms with Gasteiger partial charge in [0, 0.05) is 12.3 Å². The van der Waals surface area contributed by atoms with Crippen LogP contribution in [0.4, 0.5) is 5.82 Å². The van der Waals surface area contributed by atoms with E-state index in [1.807, 2.05) is 6.92 Å². The molecule has 1 aromatic heterocycles. The zero-order valence-corrected chi connectivity index (χ0v) is 11.2. The van der Waals surface area contributed by atoms with E-state index in [4.69, 9.17) is 0 Å². The van der Waals surface area contributed by atoms with Crippen molar-refractivity contribution in [3.05, 3.63) is 21.9 Å². The number of carbonyl (C=O) groups is 1. The Hall–Kier alpha value is -1.57. The van der Waals surface area contributed by atoms with Crippen LogP contribution in [-0.2, 0) is 4.79 Å². The first-order valence-electron chi connectivity index (χ1n) is 5.60. The topological polar surface area (TPSA) is 90.1 Å². The van der Waals surface area contributed by atoms with Crippen LogP contribution in [0.3, 0.4) is 0 Å². The number of hydrogen-bond acceptors (Lipinski definition) is 5. The van der Waals surface area contributed by atoms with Gasteiger partial charge in [0.25, 0.3) is 0 Å². The largest absolute Gasteiger partial charge is 0.390 e. The third-order valence-electron chi connectivity index (χ3n) is 2.49. The molecule has 18 heavy (non-hydrogen) atoms. The number of aryl methyl sites for hydroxylation is 1. The minimum Gasteiger partial charge on any atom is -0.358 e. The molecule has 8 heteroatoms. The van der Waals surface area contributed by atoms with E-state index in [0.717, 1.165) is 0 Å². The molecular weight excluding hydrogens is 256 g/mol. The van der Waals surface area contributed by atoms with Crippen LogP contribution in [0.1, 0.15) is 25.1 Å². The zero-order valence-electron chi connectivity index (χ0n) is 10.3. The SMILES string of the molecule is CCC(C(=O)NCCS)n1nc([N+](=O)[O-])cc1C. The number of nitrogens with zero attached hydrogens (tertiary/aromatic N) is 3. The highest BCUT2D eigenvalue weighted by Gasteiger charge is 2.26. The molecule has 0 saturated heterocycles. The molecule has 1 rings (SSSR count). The van der Waals surface area contributed by atoms with Crippen molar-refractivity contribution in [3.8, 4) is 0 Å². The first-order valence-corrected chi connectivity index (χ1v) is 6.23. The summed E-state index contributed by atoms with van der Waals surface area (Å²) in [5.74, 6) is 0.0982. The average molecular weight is 272 g/mol. The van der Waals surface area contributed by atoms with Crippen LogP contribution in [-0.4, -0.2) is 32.9 Å². The molecule has 1 unspecified atom stereocenters. The highest BCUT2D eigenvalue weighted by atomic mass is 32.1. The van der Waals surface area contributed by atoms with Crippen LogP contribution in [0.5, 0.6) is 0 Å². The van der Waals surface area contributed by atoms with Gasteiger partial charge in [-0.2, -0.15) is 17.3 Å². The summed E-state index contributed by atoms with van der Waals surface area (Å²) in [5.41, 5.74) is 0.592. The van der Waals surface area contributed by atoms with Gasteiger partial charge in [-0.25, -0.2) is 0 Å². The smallest absolute Gasteiger partial charge is 0.358 e. The van der Waals surface area contributed by atoms with Crippen molar-refractivity contribution in [3.63, 3.8) is 0 Å². The molecule has 0 aliphatic carbocycles. The lowest BCUT2D eigenvalue weighted by Gasteiger charge is -2.13. The van der Waals surface area contributed by atoms with Gasteiger partial charge in [-0.3, -0.25) is 4.79 Å². The van der Waals surface area contributed by atoms with Crippen molar-refractivity contribution in [2.24, 2.45) is 0 Å². The molecule has 1 N–H and O–H groups in total. The van der Waals surface area contributed by atoms with E-state index in [9.17, 15) is 14.9 Å². The molecule has 1 amide bonds. The summed E-state index contributed by atoms with van der Waals surface area (Å²) >= 11 is 4.01. The molecular formula is C10H16N4O3S. The van der Waals surface area contributed by atoms with E-state index >= 15 is 0 Å². The van der Waals surface area contributed by atoms with E-state index < -0.39 is 11.0 Å². The van der Waals surface area contributed by atoms with Gasteiger partial charge in [-0.1, -0.05) is 6.92 Å². The van der Waals surface area contributed by atoms with Gasteiger partial charge in [0.05, 0.1) is 16.9 Å². The minimum absolute atomic E-state index is 0.201. The summed E-state index contributed by atoms with van der Waals surface area (Å²) in [6.07, 6.45) is 0.512. The highest BCUT2D eigenvalue weighted by molar-refractivity contribution is 7.80. The number of hydrogen-bond donors (Lipinski definition) is 2. The highest BCUT2D eigenvalue weighted by Crippen LogP contribution is 2.18. The maximum Gasteiger partial charge on any atom is 0.390 e. The van der Waals surface area contributed by atoms with E-state index in [1.165, 1.54) is 10.7 Å². The zero-order chi connectivity index (χ0) is 13.7. The molecule has 0 aliphatic rings. The standard InChI is InChI=1S/C10H16N4O3S/c1-3-8(10(15)11-4-5-18)13-7(2)6-9(12-13)14(16)17/h6,8,18H,3-5H2,1-2H3,(H,11,15). The second-order valence-corrected chi connectivity index (χ2v) is 4.23. The first kappa shape index (κ1) is 14.5. The van der Waals surface area contributed by atoms with Gasteiger partial charge >= 0.3 is 5.82 Å². The van der Waals surface area contributed by atoms with Gasteiger partial charge < -0.3 is 15.4 Å². The Morgan fingerprint density at radius 3 is 2.83 bits per heavy atom. The number of nitro groups is 1. The Kier molecular flexibility index (Phi) is 5.14. The predicted octanol–water partition coefficient (Wildman–Crippen LogP) is 1.10. The lowest BCUT2D eigenvalue weighted by atomic mass is 10.2. The Bertz CT molecular complexity index is 446. The summed E-state index contributed by atoms with van der Waals surface area (Å²) < 4.78 is 1.39. The molecule has 0 aliphatic heterocycles.